The van der Waals surface area contributed by atoms with E-state index >= 15 is 0 Å². The van der Waals surface area contributed by atoms with Gasteiger partial charge in [0.15, 0.2) is 0 Å². The van der Waals surface area contributed by atoms with Crippen LogP contribution in [-0.2, 0) is 19.6 Å². The van der Waals surface area contributed by atoms with Gasteiger partial charge in [0.2, 0.25) is 0 Å². The topological polar surface area (TPSA) is 29.3 Å². The molecule has 0 fully saturated rings. The van der Waals surface area contributed by atoms with Crippen LogP contribution in [0.5, 0.6) is 0 Å². The van der Waals surface area contributed by atoms with Crippen molar-refractivity contribution >= 4 is 16.5 Å². The van der Waals surface area contributed by atoms with Crippen molar-refractivity contribution in [1.82, 2.24) is 4.90 Å². The van der Waals surface area contributed by atoms with E-state index in [0.717, 1.165) is 25.3 Å². The predicted molar refractivity (Wildman–Crippen MR) is 87.8 cm³/mol. The average molecular weight is 274 g/mol. The van der Waals surface area contributed by atoms with Crippen molar-refractivity contribution in [3.8, 4) is 0 Å². The minimum atomic E-state index is 0.924. The van der Waals surface area contributed by atoms with Crippen molar-refractivity contribution in [2.75, 3.05) is 5.73 Å². The largest absolute Gasteiger partial charge is 0.398 e. The summed E-state index contributed by atoms with van der Waals surface area (Å²) in [4.78, 5) is 2.46. The maximum Gasteiger partial charge on any atom is 0.0363 e. The first-order valence-corrected chi connectivity index (χ1v) is 7.36. The monoisotopic (exact) mass is 274 g/mol. The zero-order valence-electron chi connectivity index (χ0n) is 11.9. The van der Waals surface area contributed by atoms with Crippen molar-refractivity contribution in [3.05, 3.63) is 77.4 Å². The number of nitrogens with zero attached hydrogens (tertiary/aromatic N) is 1. The highest BCUT2D eigenvalue weighted by atomic mass is 15.1. The van der Waals surface area contributed by atoms with Crippen LogP contribution in [0.15, 0.2) is 60.7 Å². The average Bonchev–Trinajstić information content (AvgIpc) is 2.92. The molecule has 0 spiro atoms. The molecule has 2 nitrogen and oxygen atoms in total. The van der Waals surface area contributed by atoms with E-state index in [4.69, 9.17) is 5.73 Å². The molecule has 0 radical (unpaired) electrons. The van der Waals surface area contributed by atoms with Gasteiger partial charge in [-0.25, -0.2) is 0 Å². The quantitative estimate of drug-likeness (QED) is 0.717. The first-order chi connectivity index (χ1) is 10.3. The van der Waals surface area contributed by atoms with E-state index in [-0.39, 0.29) is 0 Å². The van der Waals surface area contributed by atoms with Crippen molar-refractivity contribution in [2.45, 2.75) is 19.6 Å². The van der Waals surface area contributed by atoms with Gasteiger partial charge >= 0.3 is 0 Å². The summed E-state index contributed by atoms with van der Waals surface area (Å²) in [6.45, 7) is 2.91. The molecule has 3 aromatic rings. The lowest BCUT2D eigenvalue weighted by molar-refractivity contribution is 0.277. The standard InChI is InChI=1S/C19H18N2/c20-19-10-4-8-16-12-21(13-18(16)19)11-15-7-3-6-14-5-1-2-9-17(14)15/h1-10H,11-13,20H2. The molecule has 0 amide bonds. The second kappa shape index (κ2) is 4.90. The minimum absolute atomic E-state index is 0.924. The Kier molecular flexibility index (Phi) is 2.90. The van der Waals surface area contributed by atoms with Crippen molar-refractivity contribution in [3.63, 3.8) is 0 Å². The summed E-state index contributed by atoms with van der Waals surface area (Å²) < 4.78 is 0. The van der Waals surface area contributed by atoms with E-state index in [9.17, 15) is 0 Å². The zero-order chi connectivity index (χ0) is 14.2. The Morgan fingerprint density at radius 1 is 0.857 bits per heavy atom. The van der Waals surface area contributed by atoms with Crippen molar-refractivity contribution < 1.29 is 0 Å². The SMILES string of the molecule is Nc1cccc2c1CN(Cc1cccc3ccccc13)C2. The third kappa shape index (κ3) is 2.18. The molecule has 3 aromatic carbocycles. The fourth-order valence-electron chi connectivity index (χ4n) is 3.30. The first kappa shape index (κ1) is 12.4. The van der Waals surface area contributed by atoms with Crippen LogP contribution in [0.3, 0.4) is 0 Å². The van der Waals surface area contributed by atoms with Crippen LogP contribution >= 0.6 is 0 Å². The number of nitrogens with two attached hydrogens (primary N) is 1. The summed E-state index contributed by atoms with van der Waals surface area (Å²) in [5.41, 5.74) is 11.1. The van der Waals surface area contributed by atoms with Gasteiger partial charge in [0.25, 0.3) is 0 Å². The number of hydrogen-bond donors (Lipinski definition) is 1. The molecule has 0 atom stereocenters. The second-order valence-corrected chi connectivity index (χ2v) is 5.77. The Bertz CT molecular complexity index is 802. The predicted octanol–water partition coefficient (Wildman–Crippen LogP) is 3.94. The first-order valence-electron chi connectivity index (χ1n) is 7.36. The van der Waals surface area contributed by atoms with Crippen molar-refractivity contribution in [2.24, 2.45) is 0 Å². The third-order valence-electron chi connectivity index (χ3n) is 4.36. The summed E-state index contributed by atoms with van der Waals surface area (Å²) in [5, 5.41) is 2.66. The Morgan fingerprint density at radius 3 is 2.57 bits per heavy atom. The van der Waals surface area contributed by atoms with Crippen LogP contribution in [0.4, 0.5) is 5.69 Å². The van der Waals surface area contributed by atoms with E-state index < -0.39 is 0 Å². The van der Waals surface area contributed by atoms with E-state index in [1.807, 2.05) is 6.07 Å². The molecule has 2 heteroatoms. The minimum Gasteiger partial charge on any atom is -0.398 e. The molecule has 0 bridgehead atoms. The van der Waals surface area contributed by atoms with Gasteiger partial charge in [-0.1, -0.05) is 54.6 Å². The van der Waals surface area contributed by atoms with Gasteiger partial charge in [0.1, 0.15) is 0 Å². The number of rotatable bonds is 2. The summed E-state index contributed by atoms with van der Waals surface area (Å²) in [6.07, 6.45) is 0. The molecule has 1 aliphatic rings. The number of fused-ring (bicyclic) bond motifs is 2. The molecular weight excluding hydrogens is 256 g/mol. The number of benzene rings is 3. The van der Waals surface area contributed by atoms with Crippen LogP contribution in [0, 0.1) is 0 Å². The summed E-state index contributed by atoms with van der Waals surface area (Å²) in [7, 11) is 0. The van der Waals surface area contributed by atoms with E-state index in [1.165, 1.54) is 27.5 Å². The second-order valence-electron chi connectivity index (χ2n) is 5.77. The van der Waals surface area contributed by atoms with Gasteiger partial charge < -0.3 is 5.73 Å². The maximum atomic E-state index is 6.09. The molecule has 0 aromatic heterocycles. The summed E-state index contributed by atoms with van der Waals surface area (Å²) in [5.74, 6) is 0. The Labute approximate surface area is 124 Å². The Hall–Kier alpha value is -2.32. The lowest BCUT2D eigenvalue weighted by Crippen LogP contribution is -2.16. The van der Waals surface area contributed by atoms with Crippen molar-refractivity contribution in [1.29, 1.82) is 0 Å². The highest BCUT2D eigenvalue weighted by Crippen LogP contribution is 2.29. The molecule has 104 valence electrons. The van der Waals surface area contributed by atoms with Crippen LogP contribution in [-0.4, -0.2) is 4.90 Å². The molecule has 21 heavy (non-hydrogen) atoms. The van der Waals surface area contributed by atoms with Gasteiger partial charge in [-0.15, -0.1) is 0 Å². The normalized spacial score (nSPS) is 14.5. The highest BCUT2D eigenvalue weighted by molar-refractivity contribution is 5.85. The van der Waals surface area contributed by atoms with Gasteiger partial charge in [-0.2, -0.15) is 0 Å². The number of nitrogen functional groups attached to an aromatic ring is 1. The third-order valence-corrected chi connectivity index (χ3v) is 4.36. The summed E-state index contributed by atoms with van der Waals surface area (Å²) >= 11 is 0. The van der Waals surface area contributed by atoms with Gasteiger partial charge in [-0.05, 0) is 33.5 Å². The fourth-order valence-corrected chi connectivity index (χ4v) is 3.30. The molecular formula is C19H18N2. The van der Waals surface area contributed by atoms with Crippen LogP contribution in [0.25, 0.3) is 10.8 Å². The Morgan fingerprint density at radius 2 is 1.67 bits per heavy atom. The highest BCUT2D eigenvalue weighted by Gasteiger charge is 2.20. The molecule has 0 saturated heterocycles. The van der Waals surface area contributed by atoms with E-state index in [2.05, 4.69) is 59.5 Å². The lowest BCUT2D eigenvalue weighted by Gasteiger charge is -2.16. The number of hydrogen-bond acceptors (Lipinski definition) is 2. The van der Waals surface area contributed by atoms with E-state index in [1.54, 1.807) is 0 Å². The molecule has 0 unspecified atom stereocenters. The van der Waals surface area contributed by atoms with Gasteiger partial charge in [0.05, 0.1) is 0 Å². The van der Waals surface area contributed by atoms with Gasteiger partial charge in [-0.3, -0.25) is 4.90 Å². The molecule has 2 N–H and O–H groups in total. The van der Waals surface area contributed by atoms with Crippen LogP contribution < -0.4 is 5.73 Å². The zero-order valence-corrected chi connectivity index (χ0v) is 11.9. The lowest BCUT2D eigenvalue weighted by atomic mass is 10.0. The molecule has 0 saturated carbocycles. The fraction of sp³-hybridized carbons (Fsp3) is 0.158. The Balaban J connectivity index is 1.64. The maximum absolute atomic E-state index is 6.09. The van der Waals surface area contributed by atoms with Gasteiger partial charge in [0, 0.05) is 25.3 Å². The molecule has 0 aliphatic carbocycles. The van der Waals surface area contributed by atoms with E-state index in [0.29, 0.717) is 0 Å². The smallest absolute Gasteiger partial charge is 0.0363 e. The van der Waals surface area contributed by atoms with Crippen LogP contribution in [0.2, 0.25) is 0 Å². The van der Waals surface area contributed by atoms with Crippen LogP contribution in [0.1, 0.15) is 16.7 Å². The molecule has 1 heterocycles. The molecule has 1 aliphatic heterocycles. The summed E-state index contributed by atoms with van der Waals surface area (Å²) in [6, 6.07) is 21.4. The molecule has 4 rings (SSSR count). The number of anilines is 1.